The molecule has 0 N–H and O–H groups in total. The third kappa shape index (κ3) is 4.19. The molecule has 5 nitrogen and oxygen atoms in total. The van der Waals surface area contributed by atoms with E-state index < -0.39 is 0 Å². The lowest BCUT2D eigenvalue weighted by atomic mass is 9.79. The Hall–Kier alpha value is -1.21. The number of benzene rings is 1. The second kappa shape index (κ2) is 8.21. The minimum Gasteiger partial charge on any atom is -0.414 e. The zero-order chi connectivity index (χ0) is 17.9. The van der Waals surface area contributed by atoms with Crippen LogP contribution in [0.1, 0.15) is 49.0 Å². The molecule has 1 aromatic carbocycles. The number of ether oxygens (including phenoxy) is 1. The maximum Gasteiger partial charge on any atom is 0.288 e. The van der Waals surface area contributed by atoms with Crippen molar-refractivity contribution >= 4 is 23.8 Å². The fraction of sp³-hybridized carbons (Fsp3) is 0.579. The Bertz CT molecular complexity index is 775. The van der Waals surface area contributed by atoms with Gasteiger partial charge in [0.25, 0.3) is 4.84 Å². The van der Waals surface area contributed by atoms with Crippen LogP contribution in [0.25, 0.3) is 0 Å². The highest BCUT2D eigenvalue weighted by Crippen LogP contribution is 2.40. The van der Waals surface area contributed by atoms with Gasteiger partial charge in [0.2, 0.25) is 5.89 Å². The van der Waals surface area contributed by atoms with Crippen molar-refractivity contribution in [2.75, 3.05) is 26.3 Å². The van der Waals surface area contributed by atoms with Crippen LogP contribution in [0.3, 0.4) is 0 Å². The van der Waals surface area contributed by atoms with E-state index >= 15 is 0 Å². The van der Waals surface area contributed by atoms with Crippen molar-refractivity contribution in [3.8, 4) is 0 Å². The van der Waals surface area contributed by atoms with E-state index in [1.807, 2.05) is 16.8 Å². The van der Waals surface area contributed by atoms with Crippen LogP contribution in [0.2, 0.25) is 5.02 Å². The molecule has 1 aliphatic heterocycles. The van der Waals surface area contributed by atoms with Gasteiger partial charge < -0.3 is 9.15 Å². The first-order chi connectivity index (χ1) is 12.7. The highest BCUT2D eigenvalue weighted by Gasteiger charge is 2.27. The van der Waals surface area contributed by atoms with Crippen molar-refractivity contribution in [1.82, 2.24) is 14.7 Å². The third-order valence-electron chi connectivity index (χ3n) is 5.48. The van der Waals surface area contributed by atoms with E-state index in [0.29, 0.717) is 23.3 Å². The molecule has 2 fully saturated rings. The first-order valence-electron chi connectivity index (χ1n) is 9.32. The van der Waals surface area contributed by atoms with Gasteiger partial charge >= 0.3 is 0 Å². The largest absolute Gasteiger partial charge is 0.414 e. The minimum absolute atomic E-state index is 0.367. The predicted molar refractivity (Wildman–Crippen MR) is 103 cm³/mol. The third-order valence-corrected chi connectivity index (χ3v) is 6.02. The van der Waals surface area contributed by atoms with Gasteiger partial charge in [-0.15, -0.1) is 5.10 Å². The maximum absolute atomic E-state index is 6.00. The van der Waals surface area contributed by atoms with E-state index in [2.05, 4.69) is 22.1 Å². The van der Waals surface area contributed by atoms with Crippen LogP contribution in [0.4, 0.5) is 0 Å². The van der Waals surface area contributed by atoms with E-state index in [1.165, 1.54) is 5.56 Å². The minimum atomic E-state index is 0.367. The quantitative estimate of drug-likeness (QED) is 0.711. The Morgan fingerprint density at radius 1 is 1.04 bits per heavy atom. The summed E-state index contributed by atoms with van der Waals surface area (Å²) in [5.41, 5.74) is 1.38. The van der Waals surface area contributed by atoms with Gasteiger partial charge in [0.15, 0.2) is 0 Å². The number of hydrogen-bond acceptors (Lipinski definition) is 5. The summed E-state index contributed by atoms with van der Waals surface area (Å²) < 4.78 is 13.1. The van der Waals surface area contributed by atoms with E-state index in [1.54, 1.807) is 0 Å². The molecule has 0 bridgehead atoms. The average Bonchev–Trinajstić information content (AvgIpc) is 3.04. The molecule has 2 aromatic rings. The van der Waals surface area contributed by atoms with Crippen molar-refractivity contribution in [2.45, 2.75) is 44.2 Å². The molecule has 0 amide bonds. The molecule has 7 heteroatoms. The molecule has 140 valence electrons. The van der Waals surface area contributed by atoms with Gasteiger partial charge in [0.1, 0.15) is 0 Å². The maximum atomic E-state index is 6.00. The van der Waals surface area contributed by atoms with Gasteiger partial charge in [-0.25, -0.2) is 4.68 Å². The molecule has 0 spiro atoms. The van der Waals surface area contributed by atoms with Gasteiger partial charge in [-0.2, -0.15) is 0 Å². The Morgan fingerprint density at radius 3 is 2.38 bits per heavy atom. The summed E-state index contributed by atoms with van der Waals surface area (Å²) in [7, 11) is 0. The second-order valence-corrected chi connectivity index (χ2v) is 7.96. The monoisotopic (exact) mass is 393 g/mol. The lowest BCUT2D eigenvalue weighted by molar-refractivity contribution is 0.0206. The van der Waals surface area contributed by atoms with Crippen LogP contribution in [0.15, 0.2) is 28.7 Å². The summed E-state index contributed by atoms with van der Waals surface area (Å²) >= 11 is 11.4. The van der Waals surface area contributed by atoms with Crippen molar-refractivity contribution in [3.05, 3.63) is 45.6 Å². The summed E-state index contributed by atoms with van der Waals surface area (Å²) in [5, 5.41) is 5.48. The van der Waals surface area contributed by atoms with Crippen molar-refractivity contribution in [2.24, 2.45) is 0 Å². The molecule has 0 unspecified atom stereocenters. The Labute approximate surface area is 163 Å². The summed E-state index contributed by atoms with van der Waals surface area (Å²) in [4.78, 5) is 2.77. The fourth-order valence-corrected chi connectivity index (χ4v) is 4.23. The number of halogens is 1. The van der Waals surface area contributed by atoms with Crippen LogP contribution < -0.4 is 0 Å². The molecule has 0 atom stereocenters. The van der Waals surface area contributed by atoms with E-state index in [-0.39, 0.29) is 0 Å². The number of hydrogen-bond donors (Lipinski definition) is 0. The van der Waals surface area contributed by atoms with E-state index in [9.17, 15) is 0 Å². The zero-order valence-electron chi connectivity index (χ0n) is 14.8. The topological polar surface area (TPSA) is 43.4 Å². The molecule has 1 saturated carbocycles. The number of aromatic nitrogens is 2. The first kappa shape index (κ1) is 18.2. The smallest absolute Gasteiger partial charge is 0.288 e. The van der Waals surface area contributed by atoms with Crippen LogP contribution in [0.5, 0.6) is 0 Å². The lowest BCUT2D eigenvalue weighted by Gasteiger charge is -2.27. The molecule has 4 rings (SSSR count). The van der Waals surface area contributed by atoms with E-state index in [4.69, 9.17) is 33.0 Å². The molecule has 1 saturated heterocycles. The first-order valence-corrected chi connectivity index (χ1v) is 10.1. The van der Waals surface area contributed by atoms with Crippen molar-refractivity contribution in [1.29, 1.82) is 0 Å². The summed E-state index contributed by atoms with van der Waals surface area (Å²) in [6.45, 7) is 4.05. The van der Waals surface area contributed by atoms with Gasteiger partial charge in [0.05, 0.1) is 19.9 Å². The normalized spacial score (nSPS) is 24.7. The molecule has 2 heterocycles. The molecular weight excluding hydrogens is 370 g/mol. The Morgan fingerprint density at radius 2 is 1.69 bits per heavy atom. The molecule has 1 aliphatic carbocycles. The highest BCUT2D eigenvalue weighted by atomic mass is 35.5. The fourth-order valence-electron chi connectivity index (χ4n) is 3.92. The standard InChI is InChI=1S/C19H24ClN3O2S/c20-17-7-5-15(6-8-17)14-1-3-16(4-2-14)18-21-23(19(26)25-18)13-22-9-11-24-12-10-22/h5-8,14,16H,1-4,9-13H2. The van der Waals surface area contributed by atoms with Crippen molar-refractivity contribution < 1.29 is 9.15 Å². The van der Waals surface area contributed by atoms with Gasteiger partial charge in [-0.05, 0) is 61.5 Å². The second-order valence-electron chi connectivity index (χ2n) is 7.18. The lowest BCUT2D eigenvalue weighted by Crippen LogP contribution is -2.37. The number of rotatable bonds is 4. The van der Waals surface area contributed by atoms with Crippen LogP contribution in [-0.4, -0.2) is 41.0 Å². The number of nitrogens with zero attached hydrogens (tertiary/aromatic N) is 3. The van der Waals surface area contributed by atoms with Gasteiger partial charge in [0, 0.05) is 24.0 Å². The SMILES string of the molecule is S=c1oc(C2CCC(c3ccc(Cl)cc3)CC2)nn1CN1CCOCC1. The molecule has 2 aliphatic rings. The zero-order valence-corrected chi connectivity index (χ0v) is 16.3. The highest BCUT2D eigenvalue weighted by molar-refractivity contribution is 7.71. The molecule has 26 heavy (non-hydrogen) atoms. The van der Waals surface area contributed by atoms with Crippen molar-refractivity contribution in [3.63, 3.8) is 0 Å². The molecular formula is C19H24ClN3O2S. The average molecular weight is 394 g/mol. The summed E-state index contributed by atoms with van der Waals surface area (Å²) in [6.07, 6.45) is 4.45. The van der Waals surface area contributed by atoms with Gasteiger partial charge in [-0.1, -0.05) is 23.7 Å². The van der Waals surface area contributed by atoms with E-state index in [0.717, 1.165) is 62.9 Å². The summed E-state index contributed by atoms with van der Waals surface area (Å²) in [6, 6.07) is 8.26. The van der Waals surface area contributed by atoms with Gasteiger partial charge in [-0.3, -0.25) is 4.90 Å². The van der Waals surface area contributed by atoms with Crippen LogP contribution in [0, 0.1) is 4.84 Å². The summed E-state index contributed by atoms with van der Waals surface area (Å²) in [5.74, 6) is 1.77. The number of morpholine rings is 1. The Kier molecular flexibility index (Phi) is 5.74. The van der Waals surface area contributed by atoms with Crippen LogP contribution >= 0.6 is 23.8 Å². The Balaban J connectivity index is 1.37. The molecule has 0 radical (unpaired) electrons. The predicted octanol–water partition coefficient (Wildman–Crippen LogP) is 4.59. The molecule has 1 aromatic heterocycles. The van der Waals surface area contributed by atoms with Crippen LogP contribution in [-0.2, 0) is 11.4 Å².